The minimum Gasteiger partial charge on any atom is -0.379 e. The van der Waals surface area contributed by atoms with Crippen molar-refractivity contribution < 1.29 is 4.39 Å². The van der Waals surface area contributed by atoms with Crippen LogP contribution >= 0.6 is 11.8 Å². The van der Waals surface area contributed by atoms with Crippen molar-refractivity contribution >= 4 is 17.4 Å². The first-order valence-corrected chi connectivity index (χ1v) is 6.02. The lowest BCUT2D eigenvalue weighted by Gasteiger charge is -2.14. The quantitative estimate of drug-likeness (QED) is 0.854. The molecule has 1 unspecified atom stereocenters. The molecule has 0 amide bonds. The van der Waals surface area contributed by atoms with Crippen molar-refractivity contribution in [2.45, 2.75) is 13.0 Å². The zero-order valence-corrected chi connectivity index (χ0v) is 9.57. The number of halogens is 1. The molecule has 80 valence electrons. The molecule has 0 saturated carbocycles. The molecule has 0 heterocycles. The number of hydrogen-bond donors (Lipinski definition) is 1. The molecule has 0 fully saturated rings. The van der Waals surface area contributed by atoms with E-state index in [2.05, 4.69) is 5.32 Å². The third kappa shape index (κ3) is 3.45. The van der Waals surface area contributed by atoms with Crippen LogP contribution in [-0.2, 0) is 0 Å². The van der Waals surface area contributed by atoms with Gasteiger partial charge in [0.15, 0.2) is 0 Å². The number of rotatable bonds is 4. The maximum atomic E-state index is 13.4. The molecule has 0 aliphatic carbocycles. The van der Waals surface area contributed by atoms with Crippen LogP contribution < -0.4 is 5.32 Å². The van der Waals surface area contributed by atoms with Crippen LogP contribution in [0, 0.1) is 17.1 Å². The normalized spacial score (nSPS) is 11.9. The van der Waals surface area contributed by atoms with Crippen LogP contribution in [0.2, 0.25) is 0 Å². The zero-order chi connectivity index (χ0) is 11.3. The van der Waals surface area contributed by atoms with Crippen LogP contribution in [0.1, 0.15) is 12.5 Å². The summed E-state index contributed by atoms with van der Waals surface area (Å²) in [5, 5.41) is 11.6. The Labute approximate surface area is 93.5 Å². The van der Waals surface area contributed by atoms with Gasteiger partial charge < -0.3 is 5.32 Å². The van der Waals surface area contributed by atoms with Crippen LogP contribution in [0.5, 0.6) is 0 Å². The predicted octanol–water partition coefficient (Wildman–Crippen LogP) is 2.86. The van der Waals surface area contributed by atoms with Gasteiger partial charge in [-0.05, 0) is 31.4 Å². The van der Waals surface area contributed by atoms with Gasteiger partial charge in [0.1, 0.15) is 5.82 Å². The van der Waals surface area contributed by atoms with Gasteiger partial charge in [0.2, 0.25) is 0 Å². The Bertz CT molecular complexity index is 373. The zero-order valence-electron chi connectivity index (χ0n) is 8.75. The van der Waals surface area contributed by atoms with Crippen molar-refractivity contribution in [1.29, 1.82) is 5.26 Å². The number of nitrogens with zero attached hydrogens (tertiary/aromatic N) is 1. The lowest BCUT2D eigenvalue weighted by Crippen LogP contribution is -2.18. The van der Waals surface area contributed by atoms with Gasteiger partial charge in [-0.15, -0.1) is 0 Å². The number of benzene rings is 1. The lowest BCUT2D eigenvalue weighted by molar-refractivity contribution is 0.627. The third-order valence-electron chi connectivity index (χ3n) is 1.92. The molecule has 0 spiro atoms. The van der Waals surface area contributed by atoms with Crippen LogP contribution in [0.3, 0.4) is 0 Å². The summed E-state index contributed by atoms with van der Waals surface area (Å²) in [7, 11) is 0. The molecule has 15 heavy (non-hydrogen) atoms. The van der Waals surface area contributed by atoms with E-state index in [-0.39, 0.29) is 11.9 Å². The summed E-state index contributed by atoms with van der Waals surface area (Å²) in [6, 6.07) is 6.57. The standard InChI is InChI=1S/C11H13FN2S/c1-8(7-15-2)14-11-4-3-9(6-13)5-10(11)12/h3-5,8,14H,7H2,1-2H3. The van der Waals surface area contributed by atoms with Crippen molar-refractivity contribution in [3.63, 3.8) is 0 Å². The van der Waals surface area contributed by atoms with Crippen molar-refractivity contribution in [1.82, 2.24) is 0 Å². The number of nitriles is 1. The SMILES string of the molecule is CSCC(C)Nc1ccc(C#N)cc1F. The second-order valence-electron chi connectivity index (χ2n) is 3.31. The first-order chi connectivity index (χ1) is 7.17. The van der Waals surface area contributed by atoms with Crippen molar-refractivity contribution in [2.75, 3.05) is 17.3 Å². The first-order valence-electron chi connectivity index (χ1n) is 4.62. The average Bonchev–Trinajstić information content (AvgIpc) is 2.21. The van der Waals surface area contributed by atoms with Crippen molar-refractivity contribution in [3.8, 4) is 6.07 Å². The molecule has 0 radical (unpaired) electrons. The van der Waals surface area contributed by atoms with E-state index in [0.717, 1.165) is 5.75 Å². The molecule has 0 saturated heterocycles. The minimum absolute atomic E-state index is 0.211. The van der Waals surface area contributed by atoms with Gasteiger partial charge >= 0.3 is 0 Å². The third-order valence-corrected chi connectivity index (χ3v) is 2.75. The highest BCUT2D eigenvalue weighted by atomic mass is 32.2. The van der Waals surface area contributed by atoms with E-state index in [0.29, 0.717) is 11.3 Å². The Morgan fingerprint density at radius 2 is 2.33 bits per heavy atom. The number of anilines is 1. The fourth-order valence-corrected chi connectivity index (χ4v) is 1.84. The maximum absolute atomic E-state index is 13.4. The van der Waals surface area contributed by atoms with E-state index in [9.17, 15) is 4.39 Å². The number of hydrogen-bond acceptors (Lipinski definition) is 3. The molecule has 1 N–H and O–H groups in total. The topological polar surface area (TPSA) is 35.8 Å². The van der Waals surface area contributed by atoms with Crippen molar-refractivity contribution in [3.05, 3.63) is 29.6 Å². The van der Waals surface area contributed by atoms with Gasteiger partial charge in [-0.2, -0.15) is 17.0 Å². The molecule has 0 aliphatic heterocycles. The predicted molar refractivity (Wildman–Crippen MR) is 62.6 cm³/mol. The van der Waals surface area contributed by atoms with E-state index in [1.54, 1.807) is 23.9 Å². The summed E-state index contributed by atoms with van der Waals surface area (Å²) in [6.45, 7) is 1.99. The van der Waals surface area contributed by atoms with E-state index in [4.69, 9.17) is 5.26 Å². The van der Waals surface area contributed by atoms with Gasteiger partial charge in [-0.25, -0.2) is 4.39 Å². The average molecular weight is 224 g/mol. The molecule has 0 bridgehead atoms. The molecule has 2 nitrogen and oxygen atoms in total. The Balaban J connectivity index is 2.74. The molecular formula is C11H13FN2S. The highest BCUT2D eigenvalue weighted by Gasteiger charge is 2.06. The van der Waals surface area contributed by atoms with E-state index in [1.807, 2.05) is 19.2 Å². The van der Waals surface area contributed by atoms with Gasteiger partial charge in [-0.1, -0.05) is 0 Å². The van der Waals surface area contributed by atoms with Crippen LogP contribution in [0.15, 0.2) is 18.2 Å². The van der Waals surface area contributed by atoms with Crippen LogP contribution in [0.25, 0.3) is 0 Å². The largest absolute Gasteiger partial charge is 0.379 e. The van der Waals surface area contributed by atoms with Crippen LogP contribution in [-0.4, -0.2) is 18.1 Å². The Hall–Kier alpha value is -1.21. The summed E-state index contributed by atoms with van der Waals surface area (Å²) in [4.78, 5) is 0. The molecule has 0 aliphatic rings. The smallest absolute Gasteiger partial charge is 0.147 e. The Morgan fingerprint density at radius 1 is 1.60 bits per heavy atom. The highest BCUT2D eigenvalue weighted by Crippen LogP contribution is 2.16. The van der Waals surface area contributed by atoms with Gasteiger partial charge in [-0.3, -0.25) is 0 Å². The monoisotopic (exact) mass is 224 g/mol. The van der Waals surface area contributed by atoms with E-state index < -0.39 is 0 Å². The second-order valence-corrected chi connectivity index (χ2v) is 4.22. The fraction of sp³-hybridized carbons (Fsp3) is 0.364. The fourth-order valence-electron chi connectivity index (χ4n) is 1.26. The van der Waals surface area contributed by atoms with E-state index in [1.165, 1.54) is 6.07 Å². The van der Waals surface area contributed by atoms with Gasteiger partial charge in [0.05, 0.1) is 17.3 Å². The summed E-state index contributed by atoms with van der Waals surface area (Å²) >= 11 is 1.71. The summed E-state index contributed by atoms with van der Waals surface area (Å²) < 4.78 is 13.4. The Kier molecular flexibility index (Phi) is 4.44. The highest BCUT2D eigenvalue weighted by molar-refractivity contribution is 7.98. The molecular weight excluding hydrogens is 211 g/mol. The molecule has 0 aromatic heterocycles. The summed E-state index contributed by atoms with van der Waals surface area (Å²) in [6.07, 6.45) is 2.01. The lowest BCUT2D eigenvalue weighted by atomic mass is 10.2. The Morgan fingerprint density at radius 3 is 2.87 bits per heavy atom. The number of nitrogens with one attached hydrogen (secondary N) is 1. The summed E-state index contributed by atoms with van der Waals surface area (Å²) in [5.41, 5.74) is 0.797. The van der Waals surface area contributed by atoms with Crippen molar-refractivity contribution in [2.24, 2.45) is 0 Å². The number of thioether (sulfide) groups is 1. The summed E-state index contributed by atoms with van der Waals surface area (Å²) in [5.74, 6) is 0.543. The maximum Gasteiger partial charge on any atom is 0.147 e. The first kappa shape index (κ1) is 11.9. The molecule has 1 atom stereocenters. The minimum atomic E-state index is -0.373. The van der Waals surface area contributed by atoms with E-state index >= 15 is 0 Å². The molecule has 1 aromatic carbocycles. The second kappa shape index (κ2) is 5.62. The molecule has 4 heteroatoms. The van der Waals surface area contributed by atoms with Gasteiger partial charge in [0.25, 0.3) is 0 Å². The molecule has 1 rings (SSSR count). The molecule has 1 aromatic rings. The van der Waals surface area contributed by atoms with Gasteiger partial charge in [0, 0.05) is 11.8 Å². The van der Waals surface area contributed by atoms with Crippen LogP contribution in [0.4, 0.5) is 10.1 Å².